The van der Waals surface area contributed by atoms with E-state index in [9.17, 15) is 9.59 Å². The van der Waals surface area contributed by atoms with Gasteiger partial charge in [-0.05, 0) is 36.4 Å². The highest BCUT2D eigenvalue weighted by atomic mass is 32.2. The average Bonchev–Trinajstić information content (AvgIpc) is 3.26. The summed E-state index contributed by atoms with van der Waals surface area (Å²) < 4.78 is 12.1. The molecule has 1 amide bonds. The van der Waals surface area contributed by atoms with Gasteiger partial charge in [-0.25, -0.2) is 4.79 Å². The zero-order valence-corrected chi connectivity index (χ0v) is 19.1. The number of rotatable bonds is 8. The van der Waals surface area contributed by atoms with E-state index in [1.54, 1.807) is 24.3 Å². The van der Waals surface area contributed by atoms with Crippen LogP contribution in [-0.2, 0) is 20.8 Å². The lowest BCUT2D eigenvalue weighted by molar-refractivity contribution is -0.113. The fraction of sp³-hybridized carbons (Fsp3) is 0.304. The van der Waals surface area contributed by atoms with Crippen molar-refractivity contribution in [3.63, 3.8) is 0 Å². The topological polar surface area (TPSA) is 98.6 Å². The Morgan fingerprint density at radius 1 is 1.06 bits per heavy atom. The Kier molecular flexibility index (Phi) is 7.71. The molecule has 1 aliphatic heterocycles. The third-order valence-corrected chi connectivity index (χ3v) is 6.03. The van der Waals surface area contributed by atoms with Crippen molar-refractivity contribution in [1.82, 2.24) is 19.7 Å². The maximum absolute atomic E-state index is 12.5. The molecule has 1 aliphatic rings. The summed E-state index contributed by atoms with van der Waals surface area (Å²) in [6, 6.07) is 16.4. The van der Waals surface area contributed by atoms with Crippen molar-refractivity contribution in [2.24, 2.45) is 0 Å². The van der Waals surface area contributed by atoms with Crippen LogP contribution in [0.15, 0.2) is 59.8 Å². The summed E-state index contributed by atoms with van der Waals surface area (Å²) >= 11 is 1.32. The van der Waals surface area contributed by atoms with Crippen LogP contribution in [0, 0.1) is 0 Å². The molecular weight excluding hydrogens is 442 g/mol. The minimum Gasteiger partial charge on any atom is -0.465 e. The summed E-state index contributed by atoms with van der Waals surface area (Å²) in [7, 11) is 1.33. The van der Waals surface area contributed by atoms with E-state index in [0.29, 0.717) is 36.2 Å². The number of morpholine rings is 1. The van der Waals surface area contributed by atoms with Crippen molar-refractivity contribution in [2.75, 3.05) is 44.5 Å². The molecule has 172 valence electrons. The monoisotopic (exact) mass is 467 g/mol. The molecule has 0 spiro atoms. The number of nitrogens with one attached hydrogen (secondary N) is 1. The first-order chi connectivity index (χ1) is 16.1. The molecule has 1 aromatic heterocycles. The summed E-state index contributed by atoms with van der Waals surface area (Å²) in [6.45, 7) is 3.77. The van der Waals surface area contributed by atoms with Gasteiger partial charge in [-0.15, -0.1) is 10.2 Å². The zero-order valence-electron chi connectivity index (χ0n) is 18.3. The Balaban J connectivity index is 1.43. The predicted molar refractivity (Wildman–Crippen MR) is 125 cm³/mol. The van der Waals surface area contributed by atoms with Gasteiger partial charge in [0, 0.05) is 24.5 Å². The van der Waals surface area contributed by atoms with Gasteiger partial charge in [-0.1, -0.05) is 30.0 Å². The number of hydrogen-bond donors (Lipinski definition) is 1. The summed E-state index contributed by atoms with van der Waals surface area (Å²) in [6.07, 6.45) is 0. The molecule has 4 rings (SSSR count). The van der Waals surface area contributed by atoms with Gasteiger partial charge < -0.3 is 14.8 Å². The molecule has 3 aromatic rings. The first-order valence-electron chi connectivity index (χ1n) is 10.5. The van der Waals surface area contributed by atoms with E-state index < -0.39 is 5.97 Å². The third-order valence-electron chi connectivity index (χ3n) is 5.11. The minimum atomic E-state index is -0.420. The van der Waals surface area contributed by atoms with Crippen LogP contribution in [0.5, 0.6) is 0 Å². The number of methoxy groups -OCH3 is 1. The second-order valence-electron chi connectivity index (χ2n) is 7.36. The minimum absolute atomic E-state index is 0.168. The summed E-state index contributed by atoms with van der Waals surface area (Å²) in [4.78, 5) is 26.4. The Morgan fingerprint density at radius 3 is 2.48 bits per heavy atom. The molecule has 1 N–H and O–H groups in total. The molecule has 33 heavy (non-hydrogen) atoms. The molecule has 10 heteroatoms. The van der Waals surface area contributed by atoms with Gasteiger partial charge in [0.05, 0.1) is 38.2 Å². The zero-order chi connectivity index (χ0) is 23.0. The Morgan fingerprint density at radius 2 is 1.79 bits per heavy atom. The molecule has 0 unspecified atom stereocenters. The number of anilines is 1. The number of benzene rings is 2. The molecule has 0 radical (unpaired) electrons. The van der Waals surface area contributed by atoms with Crippen molar-refractivity contribution in [3.8, 4) is 5.69 Å². The van der Waals surface area contributed by atoms with Crippen LogP contribution in [0.4, 0.5) is 5.69 Å². The smallest absolute Gasteiger partial charge is 0.337 e. The van der Waals surface area contributed by atoms with Crippen LogP contribution in [0.2, 0.25) is 0 Å². The van der Waals surface area contributed by atoms with Gasteiger partial charge in [0.1, 0.15) is 0 Å². The highest BCUT2D eigenvalue weighted by Gasteiger charge is 2.19. The number of hydrogen-bond acceptors (Lipinski definition) is 8. The lowest BCUT2D eigenvalue weighted by atomic mass is 10.2. The van der Waals surface area contributed by atoms with Crippen molar-refractivity contribution in [1.29, 1.82) is 0 Å². The maximum atomic E-state index is 12.5. The highest BCUT2D eigenvalue weighted by Crippen LogP contribution is 2.23. The van der Waals surface area contributed by atoms with Crippen LogP contribution in [0.1, 0.15) is 16.2 Å². The largest absolute Gasteiger partial charge is 0.465 e. The van der Waals surface area contributed by atoms with E-state index in [1.807, 2.05) is 34.9 Å². The molecule has 0 aliphatic carbocycles. The summed E-state index contributed by atoms with van der Waals surface area (Å²) in [5, 5.41) is 12.3. The maximum Gasteiger partial charge on any atom is 0.337 e. The van der Waals surface area contributed by atoms with Gasteiger partial charge >= 0.3 is 5.97 Å². The molecule has 9 nitrogen and oxygen atoms in total. The molecular formula is C23H25N5O4S. The quantitative estimate of drug-likeness (QED) is 0.399. The Labute approximate surface area is 196 Å². The molecule has 0 atom stereocenters. The number of nitrogens with zero attached hydrogens (tertiary/aromatic N) is 4. The van der Waals surface area contributed by atoms with Crippen LogP contribution in [0.25, 0.3) is 5.69 Å². The van der Waals surface area contributed by atoms with Crippen molar-refractivity contribution in [2.45, 2.75) is 11.7 Å². The van der Waals surface area contributed by atoms with Crippen molar-refractivity contribution >= 4 is 29.3 Å². The van der Waals surface area contributed by atoms with Crippen LogP contribution in [-0.4, -0.2) is 70.7 Å². The molecule has 2 aromatic carbocycles. The van der Waals surface area contributed by atoms with Crippen LogP contribution < -0.4 is 5.32 Å². The van der Waals surface area contributed by atoms with Crippen molar-refractivity contribution < 1.29 is 19.1 Å². The van der Waals surface area contributed by atoms with E-state index in [2.05, 4.69) is 25.2 Å². The van der Waals surface area contributed by atoms with Gasteiger partial charge in [0.15, 0.2) is 11.0 Å². The number of para-hydroxylation sites is 1. The molecule has 0 saturated carbocycles. The number of amides is 1. The van der Waals surface area contributed by atoms with Crippen LogP contribution >= 0.6 is 11.8 Å². The molecule has 1 saturated heterocycles. The van der Waals surface area contributed by atoms with E-state index in [4.69, 9.17) is 4.74 Å². The summed E-state index contributed by atoms with van der Waals surface area (Å²) in [5.74, 6) is 0.394. The second-order valence-corrected chi connectivity index (χ2v) is 8.31. The standard InChI is InChI=1S/C23H25N5O4S/c1-31-22(30)17-7-9-18(10-8-17)24-21(29)16-33-23-26-25-20(15-27-11-13-32-14-12-27)28(23)19-5-3-2-4-6-19/h2-10H,11-16H2,1H3,(H,24,29). The lowest BCUT2D eigenvalue weighted by Crippen LogP contribution is -2.36. The predicted octanol–water partition coefficient (Wildman–Crippen LogP) is 2.62. The number of thioether (sulfide) groups is 1. The number of esters is 1. The third kappa shape index (κ3) is 5.98. The van der Waals surface area contributed by atoms with E-state index in [1.165, 1.54) is 18.9 Å². The van der Waals surface area contributed by atoms with Crippen molar-refractivity contribution in [3.05, 3.63) is 66.0 Å². The SMILES string of the molecule is COC(=O)c1ccc(NC(=O)CSc2nnc(CN3CCOCC3)n2-c2ccccc2)cc1. The van der Waals surface area contributed by atoms with Gasteiger partial charge in [-0.3, -0.25) is 14.3 Å². The Bertz CT molecular complexity index is 1080. The number of aromatic nitrogens is 3. The van der Waals surface area contributed by atoms with Gasteiger partial charge in [-0.2, -0.15) is 0 Å². The number of carbonyl (C=O) groups excluding carboxylic acids is 2. The van der Waals surface area contributed by atoms with E-state index in [-0.39, 0.29) is 11.7 Å². The number of ether oxygens (including phenoxy) is 2. The molecule has 0 bridgehead atoms. The van der Waals surface area contributed by atoms with E-state index in [0.717, 1.165) is 24.6 Å². The van der Waals surface area contributed by atoms with Gasteiger partial charge in [0.2, 0.25) is 5.91 Å². The highest BCUT2D eigenvalue weighted by molar-refractivity contribution is 7.99. The normalized spacial score (nSPS) is 14.1. The fourth-order valence-electron chi connectivity index (χ4n) is 3.43. The average molecular weight is 468 g/mol. The molecule has 1 fully saturated rings. The van der Waals surface area contributed by atoms with E-state index >= 15 is 0 Å². The second kappa shape index (κ2) is 11.1. The molecule has 2 heterocycles. The Hall–Kier alpha value is -3.21. The first-order valence-corrected chi connectivity index (χ1v) is 11.5. The fourth-order valence-corrected chi connectivity index (χ4v) is 4.20. The first kappa shape index (κ1) is 23.0. The summed E-state index contributed by atoms with van der Waals surface area (Å²) in [5.41, 5.74) is 1.98. The van der Waals surface area contributed by atoms with Gasteiger partial charge in [0.25, 0.3) is 0 Å². The number of carbonyl (C=O) groups is 2. The lowest BCUT2D eigenvalue weighted by Gasteiger charge is -2.26. The van der Waals surface area contributed by atoms with Crippen LogP contribution in [0.3, 0.4) is 0 Å².